The number of hydrogen-bond acceptors (Lipinski definition) is 15. The van der Waals surface area contributed by atoms with Gasteiger partial charge in [0.15, 0.2) is 12.2 Å². The minimum Gasteiger partial charge on any atom is -0.462 e. The van der Waals surface area contributed by atoms with Crippen molar-refractivity contribution in [3.05, 3.63) is 0 Å². The molecule has 0 aliphatic heterocycles. The Morgan fingerprint density at radius 3 is 0.738 bits per heavy atom. The molecule has 0 aromatic rings. The number of carbonyl (C=O) groups excluding carboxylic acids is 4. The molecule has 0 fully saturated rings. The van der Waals surface area contributed by atoms with Gasteiger partial charge in [0.1, 0.15) is 19.3 Å². The molecule has 612 valence electrons. The molecule has 0 aliphatic carbocycles. The molecule has 0 aromatic carbocycles. The zero-order valence-electron chi connectivity index (χ0n) is 67.6. The molecule has 0 rings (SSSR count). The summed E-state index contributed by atoms with van der Waals surface area (Å²) in [7, 11) is -9.92. The molecule has 3 N–H and O–H groups in total. The van der Waals surface area contributed by atoms with E-state index in [1.165, 1.54) is 250 Å². The van der Waals surface area contributed by atoms with Crippen LogP contribution < -0.4 is 0 Å². The van der Waals surface area contributed by atoms with Gasteiger partial charge in [-0.25, -0.2) is 9.13 Å². The predicted octanol–water partition coefficient (Wildman–Crippen LogP) is 25.5. The third kappa shape index (κ3) is 76.6. The lowest BCUT2D eigenvalue weighted by Gasteiger charge is -2.21. The second-order valence-corrected chi connectivity index (χ2v) is 33.8. The first-order chi connectivity index (χ1) is 49.9. The van der Waals surface area contributed by atoms with Gasteiger partial charge in [-0.3, -0.25) is 37.3 Å². The fourth-order valence-electron chi connectivity index (χ4n) is 13.0. The normalized spacial score (nSPS) is 14.1. The van der Waals surface area contributed by atoms with Crippen molar-refractivity contribution in [2.24, 2.45) is 11.8 Å². The summed E-state index contributed by atoms with van der Waals surface area (Å²) in [4.78, 5) is 72.9. The van der Waals surface area contributed by atoms with Gasteiger partial charge in [0.05, 0.1) is 26.4 Å². The van der Waals surface area contributed by atoms with E-state index in [0.29, 0.717) is 25.7 Å². The molecular weight excluding hydrogens is 1340 g/mol. The summed E-state index contributed by atoms with van der Waals surface area (Å²) in [6, 6.07) is 0. The van der Waals surface area contributed by atoms with Gasteiger partial charge in [0.25, 0.3) is 0 Å². The Morgan fingerprint density at radius 2 is 0.495 bits per heavy atom. The number of carbonyl (C=O) groups is 4. The van der Waals surface area contributed by atoms with Crippen molar-refractivity contribution in [1.82, 2.24) is 0 Å². The Bertz CT molecular complexity index is 1980. The topological polar surface area (TPSA) is 237 Å². The number of phosphoric ester groups is 2. The van der Waals surface area contributed by atoms with Crippen LogP contribution in [0.4, 0.5) is 0 Å². The second kappa shape index (κ2) is 75.5. The molecule has 0 aliphatic rings. The number of phosphoric acid groups is 2. The van der Waals surface area contributed by atoms with Crippen LogP contribution in [-0.4, -0.2) is 96.7 Å². The van der Waals surface area contributed by atoms with E-state index in [2.05, 4.69) is 41.5 Å². The predicted molar refractivity (Wildman–Crippen MR) is 423 cm³/mol. The van der Waals surface area contributed by atoms with Crippen LogP contribution in [-0.2, 0) is 65.4 Å². The van der Waals surface area contributed by atoms with E-state index in [1.807, 2.05) is 0 Å². The first-order valence-electron chi connectivity index (χ1n) is 43.5. The largest absolute Gasteiger partial charge is 0.472 e. The highest BCUT2D eigenvalue weighted by atomic mass is 31.2. The number of ether oxygens (including phenoxy) is 4. The number of unbranched alkanes of at least 4 members (excludes halogenated alkanes) is 52. The Hall–Kier alpha value is -1.94. The highest BCUT2D eigenvalue weighted by Crippen LogP contribution is 2.45. The lowest BCUT2D eigenvalue weighted by Crippen LogP contribution is -2.30. The summed E-state index contributed by atoms with van der Waals surface area (Å²) in [6.07, 6.45) is 66.8. The number of esters is 4. The minimum absolute atomic E-state index is 0.108. The standard InChI is InChI=1S/C84H164O17P2/c1-7-10-12-14-16-17-18-31-39-44-50-56-62-68-83(88)100-79(72-94-81(86)66-60-54-46-15-13-11-8-2)74-98-102(90,91)96-70-78(85)71-97-103(92,93)99-75-80(73-95-82(87)67-61-55-49-43-38-34-29-25-21-19-23-27-32-36-41-47-52-58-64-76(4)5)101-84(89)69-63-57-51-45-40-35-30-26-22-20-24-28-33-37-42-48-53-59-65-77(6)9-3/h76-80,85H,7-75H2,1-6H3,(H,90,91)(H,92,93)/t77?,78-,79+,80+/m0/s1. The van der Waals surface area contributed by atoms with Crippen LogP contribution in [0, 0.1) is 11.8 Å². The molecule has 103 heavy (non-hydrogen) atoms. The van der Waals surface area contributed by atoms with E-state index < -0.39 is 97.5 Å². The molecule has 0 saturated heterocycles. The Labute approximate surface area is 632 Å². The van der Waals surface area contributed by atoms with Crippen molar-refractivity contribution in [3.63, 3.8) is 0 Å². The van der Waals surface area contributed by atoms with Crippen molar-refractivity contribution >= 4 is 39.5 Å². The minimum atomic E-state index is -4.96. The molecule has 3 unspecified atom stereocenters. The molecule has 0 aromatic heterocycles. The van der Waals surface area contributed by atoms with Gasteiger partial charge in [-0.1, -0.05) is 395 Å². The molecule has 0 radical (unpaired) electrons. The van der Waals surface area contributed by atoms with Gasteiger partial charge < -0.3 is 33.8 Å². The van der Waals surface area contributed by atoms with Crippen molar-refractivity contribution in [3.8, 4) is 0 Å². The quantitative estimate of drug-likeness (QED) is 0.0222. The van der Waals surface area contributed by atoms with E-state index in [-0.39, 0.29) is 25.7 Å². The van der Waals surface area contributed by atoms with Crippen LogP contribution in [0.25, 0.3) is 0 Å². The molecule has 0 saturated carbocycles. The first-order valence-corrected chi connectivity index (χ1v) is 46.5. The van der Waals surface area contributed by atoms with Crippen molar-refractivity contribution in [1.29, 1.82) is 0 Å². The molecule has 6 atom stereocenters. The van der Waals surface area contributed by atoms with Crippen molar-refractivity contribution in [2.75, 3.05) is 39.6 Å². The average molecular weight is 1510 g/mol. The Kier molecular flexibility index (Phi) is 74.1. The second-order valence-electron chi connectivity index (χ2n) is 30.9. The third-order valence-corrected chi connectivity index (χ3v) is 22.0. The van der Waals surface area contributed by atoms with E-state index in [1.54, 1.807) is 0 Å². The maximum atomic E-state index is 13.1. The zero-order valence-corrected chi connectivity index (χ0v) is 69.4. The maximum absolute atomic E-state index is 13.1. The van der Waals surface area contributed by atoms with E-state index in [4.69, 9.17) is 37.0 Å². The Morgan fingerprint density at radius 1 is 0.282 bits per heavy atom. The summed E-state index contributed by atoms with van der Waals surface area (Å²) >= 11 is 0. The first kappa shape index (κ1) is 101. The molecule has 0 spiro atoms. The van der Waals surface area contributed by atoms with E-state index in [0.717, 1.165) is 115 Å². The number of hydrogen-bond donors (Lipinski definition) is 3. The molecule has 19 heteroatoms. The average Bonchev–Trinajstić information content (AvgIpc) is 0.910. The smallest absolute Gasteiger partial charge is 0.462 e. The van der Waals surface area contributed by atoms with Gasteiger partial charge in [-0.05, 0) is 37.5 Å². The maximum Gasteiger partial charge on any atom is 0.472 e. The van der Waals surface area contributed by atoms with E-state index in [9.17, 15) is 43.2 Å². The number of aliphatic hydroxyl groups is 1. The summed E-state index contributed by atoms with van der Waals surface area (Å²) in [5.41, 5.74) is 0. The van der Waals surface area contributed by atoms with E-state index >= 15 is 0 Å². The third-order valence-electron chi connectivity index (χ3n) is 20.1. The molecule has 0 bridgehead atoms. The molecule has 0 amide bonds. The SMILES string of the molecule is CCCCCCCCCCCCCCCC(=O)O[C@H](COC(=O)CCCCCCCCC)COP(=O)(O)OC[C@H](O)COP(=O)(O)OC[C@@H](COC(=O)CCCCCCCCCCCCCCCCCCCCC(C)C)OC(=O)CCCCCCCCCCCCCCCCCCCCC(C)CC. The lowest BCUT2D eigenvalue weighted by molar-refractivity contribution is -0.161. The zero-order chi connectivity index (χ0) is 75.6. The summed E-state index contributed by atoms with van der Waals surface area (Å²) in [5.74, 6) is -0.415. The number of rotatable bonds is 83. The molecule has 0 heterocycles. The summed E-state index contributed by atoms with van der Waals surface area (Å²) in [5, 5.41) is 10.6. The molecule has 17 nitrogen and oxygen atoms in total. The van der Waals surface area contributed by atoms with Crippen molar-refractivity contribution < 1.29 is 80.2 Å². The fourth-order valence-corrected chi connectivity index (χ4v) is 14.6. The Balaban J connectivity index is 5.15. The monoisotopic (exact) mass is 1510 g/mol. The summed E-state index contributed by atoms with van der Waals surface area (Å²) < 4.78 is 68.7. The summed E-state index contributed by atoms with van der Waals surface area (Å²) in [6.45, 7) is 9.71. The lowest BCUT2D eigenvalue weighted by atomic mass is 9.99. The van der Waals surface area contributed by atoms with Crippen LogP contribution in [0.3, 0.4) is 0 Å². The highest BCUT2D eigenvalue weighted by molar-refractivity contribution is 7.47. The van der Waals surface area contributed by atoms with Crippen LogP contribution in [0.2, 0.25) is 0 Å². The van der Waals surface area contributed by atoms with Gasteiger partial charge in [0, 0.05) is 25.7 Å². The van der Waals surface area contributed by atoms with Gasteiger partial charge in [0.2, 0.25) is 0 Å². The number of aliphatic hydroxyl groups excluding tert-OH is 1. The molecular formula is C84H164O17P2. The van der Waals surface area contributed by atoms with Gasteiger partial charge in [-0.2, -0.15) is 0 Å². The van der Waals surface area contributed by atoms with Gasteiger partial charge in [-0.15, -0.1) is 0 Å². The van der Waals surface area contributed by atoms with Crippen LogP contribution in [0.5, 0.6) is 0 Å². The van der Waals surface area contributed by atoms with Crippen LogP contribution in [0.15, 0.2) is 0 Å². The van der Waals surface area contributed by atoms with Crippen molar-refractivity contribution in [2.45, 2.75) is 464 Å². The fraction of sp³-hybridized carbons (Fsp3) is 0.952. The van der Waals surface area contributed by atoms with Gasteiger partial charge >= 0.3 is 39.5 Å². The van der Waals surface area contributed by atoms with Crippen LogP contribution >= 0.6 is 15.6 Å². The van der Waals surface area contributed by atoms with Crippen LogP contribution in [0.1, 0.15) is 446 Å². The highest BCUT2D eigenvalue weighted by Gasteiger charge is 2.30.